The van der Waals surface area contributed by atoms with Gasteiger partial charge in [-0.2, -0.15) is 0 Å². The number of carbonyl (C=O) groups excluding carboxylic acids is 3. The molecule has 0 bridgehead atoms. The molecule has 8 atom stereocenters. The van der Waals surface area contributed by atoms with Crippen molar-refractivity contribution in [1.29, 1.82) is 0 Å². The molecule has 1 aromatic heterocycles. The molecule has 0 saturated heterocycles. The number of ether oxygens (including phenoxy) is 1. The number of allylic oxidation sites excluding steroid dienone is 1. The van der Waals surface area contributed by atoms with E-state index in [0.29, 0.717) is 23.9 Å². The average Bonchev–Trinajstić information content (AvgIpc) is 3.32. The van der Waals surface area contributed by atoms with E-state index in [0.717, 1.165) is 56.1 Å². The third-order valence-electron chi connectivity index (χ3n) is 15.2. The van der Waals surface area contributed by atoms with Crippen LogP contribution in [0.2, 0.25) is 0 Å². The van der Waals surface area contributed by atoms with Crippen molar-refractivity contribution in [3.63, 3.8) is 0 Å². The summed E-state index contributed by atoms with van der Waals surface area (Å²) in [7, 11) is 0. The molecule has 0 aliphatic heterocycles. The molecule has 0 radical (unpaired) electrons. The van der Waals surface area contributed by atoms with Gasteiger partial charge < -0.3 is 15.2 Å². The fraction of sp³-hybridized carbons (Fsp3) is 0.732. The quantitative estimate of drug-likeness (QED) is 0.279. The fourth-order valence-electron chi connectivity index (χ4n) is 12.4. The van der Waals surface area contributed by atoms with Crippen LogP contribution >= 0.6 is 0 Å². The topological polar surface area (TPSA) is 123 Å². The van der Waals surface area contributed by atoms with Crippen LogP contribution in [0.1, 0.15) is 127 Å². The number of anilines is 1. The smallest absolute Gasteiger partial charge is 0.309 e. The molecule has 8 nitrogen and oxygen atoms in total. The molecule has 6 rings (SSSR count). The Bertz CT molecular complexity index is 1580. The number of hydrogen-bond donors (Lipinski definition) is 2. The number of hydrogen-bond acceptors (Lipinski definition) is 6. The number of rotatable bonds is 7. The molecule has 0 unspecified atom stereocenters. The monoisotopic (exact) mass is 674 g/mol. The number of nitrogens with one attached hydrogen (secondary N) is 1. The van der Waals surface area contributed by atoms with E-state index in [1.165, 1.54) is 0 Å². The van der Waals surface area contributed by atoms with Crippen molar-refractivity contribution in [2.45, 2.75) is 133 Å². The van der Waals surface area contributed by atoms with E-state index >= 15 is 0 Å². The van der Waals surface area contributed by atoms with Gasteiger partial charge >= 0.3 is 11.9 Å². The Balaban J connectivity index is 1.31. The number of amides is 1. The van der Waals surface area contributed by atoms with Crippen LogP contribution in [0, 0.1) is 56.2 Å². The number of carboxylic acids is 1. The summed E-state index contributed by atoms with van der Waals surface area (Å²) in [6.07, 6.45) is 10.6. The highest BCUT2D eigenvalue weighted by Gasteiger charge is 2.71. The lowest BCUT2D eigenvalue weighted by Gasteiger charge is -2.72. The van der Waals surface area contributed by atoms with Gasteiger partial charge in [0, 0.05) is 18.0 Å². The minimum atomic E-state index is -1.17. The van der Waals surface area contributed by atoms with Crippen molar-refractivity contribution in [2.75, 3.05) is 5.32 Å². The van der Waals surface area contributed by atoms with E-state index in [9.17, 15) is 24.3 Å². The number of Topliss-reactive ketones (excluding diaryl/α,β-unsaturated/α-hetero) is 1. The zero-order chi connectivity index (χ0) is 35.9. The first-order chi connectivity index (χ1) is 22.7. The van der Waals surface area contributed by atoms with E-state index in [-0.39, 0.29) is 64.1 Å². The molecular weight excluding hydrogens is 616 g/mol. The first-order valence-corrected chi connectivity index (χ1v) is 18.7. The number of pyridine rings is 1. The van der Waals surface area contributed by atoms with E-state index in [1.54, 1.807) is 26.2 Å². The van der Waals surface area contributed by atoms with Gasteiger partial charge in [-0.05, 0) is 128 Å². The Morgan fingerprint density at radius 2 is 1.69 bits per heavy atom. The largest absolute Gasteiger partial charge is 0.481 e. The summed E-state index contributed by atoms with van der Waals surface area (Å²) >= 11 is 0. The summed E-state index contributed by atoms with van der Waals surface area (Å²) in [6, 6.07) is 3.68. The normalized spacial score (nSPS) is 38.2. The maximum absolute atomic E-state index is 14.4. The van der Waals surface area contributed by atoms with Crippen molar-refractivity contribution < 1.29 is 29.0 Å². The maximum atomic E-state index is 14.4. The van der Waals surface area contributed by atoms with Crippen LogP contribution in [0.5, 0.6) is 0 Å². The van der Waals surface area contributed by atoms with Crippen LogP contribution in [-0.2, 0) is 23.9 Å². The number of fused-ring (bicyclic) bond motifs is 7. The number of nitrogens with zero attached hydrogens (tertiary/aromatic N) is 1. The van der Waals surface area contributed by atoms with E-state index < -0.39 is 22.8 Å². The summed E-state index contributed by atoms with van der Waals surface area (Å²) in [6.45, 7) is 19.4. The Hall–Kier alpha value is -3.03. The van der Waals surface area contributed by atoms with Crippen LogP contribution in [0.15, 0.2) is 35.7 Å². The minimum absolute atomic E-state index is 0.0129. The molecule has 0 aromatic carbocycles. The lowest BCUT2D eigenvalue weighted by molar-refractivity contribution is -0.233. The summed E-state index contributed by atoms with van der Waals surface area (Å²) in [4.78, 5) is 57.2. The lowest BCUT2D eigenvalue weighted by Crippen LogP contribution is -2.66. The van der Waals surface area contributed by atoms with Gasteiger partial charge in [0.15, 0.2) is 5.78 Å². The molecule has 5 aliphatic carbocycles. The number of carboxylic acid groups (broad SMARTS) is 1. The predicted octanol–water partition coefficient (Wildman–Crippen LogP) is 8.41. The van der Waals surface area contributed by atoms with Crippen LogP contribution < -0.4 is 5.32 Å². The van der Waals surface area contributed by atoms with Gasteiger partial charge in [-0.25, -0.2) is 0 Å². The number of aromatic nitrogens is 1. The molecule has 1 heterocycles. The van der Waals surface area contributed by atoms with E-state index in [4.69, 9.17) is 4.74 Å². The number of aliphatic carboxylic acids is 1. The number of ketones is 1. The highest BCUT2D eigenvalue weighted by molar-refractivity contribution is 6.09. The second-order valence-electron chi connectivity index (χ2n) is 18.7. The molecule has 4 saturated carbocycles. The summed E-state index contributed by atoms with van der Waals surface area (Å²) in [5.74, 6) is -0.330. The minimum Gasteiger partial charge on any atom is -0.481 e. The summed E-state index contributed by atoms with van der Waals surface area (Å²) in [5.41, 5.74) is 0.432. The summed E-state index contributed by atoms with van der Waals surface area (Å²) in [5, 5.41) is 12.7. The van der Waals surface area contributed by atoms with Gasteiger partial charge in [-0.1, -0.05) is 48.5 Å². The highest BCUT2D eigenvalue weighted by Crippen LogP contribution is 2.76. The molecular formula is C41H58N2O6. The number of esters is 1. The Morgan fingerprint density at radius 3 is 2.33 bits per heavy atom. The summed E-state index contributed by atoms with van der Waals surface area (Å²) < 4.78 is 6.14. The van der Waals surface area contributed by atoms with Crippen molar-refractivity contribution in [3.05, 3.63) is 35.7 Å². The molecule has 268 valence electrons. The van der Waals surface area contributed by atoms with Gasteiger partial charge in [0.05, 0.1) is 29.1 Å². The van der Waals surface area contributed by atoms with Crippen molar-refractivity contribution in [2.24, 2.45) is 56.2 Å². The van der Waals surface area contributed by atoms with Crippen molar-refractivity contribution >= 4 is 29.3 Å². The molecule has 8 heteroatoms. The van der Waals surface area contributed by atoms with Gasteiger partial charge in [0.1, 0.15) is 6.10 Å². The molecule has 2 N–H and O–H groups in total. The first-order valence-electron chi connectivity index (χ1n) is 18.7. The second-order valence-corrected chi connectivity index (χ2v) is 18.7. The average molecular weight is 675 g/mol. The van der Waals surface area contributed by atoms with Crippen molar-refractivity contribution in [1.82, 2.24) is 4.98 Å². The Labute approximate surface area is 292 Å². The zero-order valence-corrected chi connectivity index (χ0v) is 31.2. The predicted molar refractivity (Wildman–Crippen MR) is 188 cm³/mol. The molecule has 4 fully saturated rings. The maximum Gasteiger partial charge on any atom is 0.309 e. The Kier molecular flexibility index (Phi) is 8.59. The molecule has 1 amide bonds. The molecule has 0 spiro atoms. The molecule has 1 aromatic rings. The van der Waals surface area contributed by atoms with E-state index in [2.05, 4.69) is 58.8 Å². The van der Waals surface area contributed by atoms with Gasteiger partial charge in [0.2, 0.25) is 5.91 Å². The Morgan fingerprint density at radius 1 is 0.980 bits per heavy atom. The first kappa shape index (κ1) is 35.8. The molecule has 49 heavy (non-hydrogen) atoms. The standard InChI is InChI=1S/C41H58N2O6/c1-24(2)32-27(44)21-41(34(46)43-25-11-10-20-42-23-25)19-18-39(8)26(33(32)41)12-13-29-38(7)16-15-30(49-31(45)22-36(3,4)35(47)48)37(5,6)28(38)14-17-40(29,39)9/h10-11,20,23-24,26,28-30H,12-19,21-22H2,1-9H3,(H,43,46)(H,47,48)/t26-,28+,29-,30+,38+,39-,40-,41-/m1/s1. The van der Waals surface area contributed by atoms with Crippen LogP contribution in [-0.4, -0.2) is 39.8 Å². The third-order valence-corrected chi connectivity index (χ3v) is 15.2. The van der Waals surface area contributed by atoms with Crippen molar-refractivity contribution in [3.8, 4) is 0 Å². The van der Waals surface area contributed by atoms with Crippen LogP contribution in [0.4, 0.5) is 5.69 Å². The van der Waals surface area contributed by atoms with Gasteiger partial charge in [-0.3, -0.25) is 24.2 Å². The highest BCUT2D eigenvalue weighted by atomic mass is 16.5. The fourth-order valence-corrected chi connectivity index (χ4v) is 12.4. The van der Waals surface area contributed by atoms with Gasteiger partial charge in [0.25, 0.3) is 0 Å². The number of carbonyl (C=O) groups is 4. The molecule has 5 aliphatic rings. The van der Waals surface area contributed by atoms with Crippen LogP contribution in [0.25, 0.3) is 0 Å². The zero-order valence-electron chi connectivity index (χ0n) is 31.2. The lowest BCUT2D eigenvalue weighted by atomic mass is 9.33. The third kappa shape index (κ3) is 5.23. The van der Waals surface area contributed by atoms with Gasteiger partial charge in [-0.15, -0.1) is 0 Å². The van der Waals surface area contributed by atoms with E-state index in [1.807, 2.05) is 12.1 Å². The SMILES string of the molecule is CC(C)C1=C2[C@H]3CC[C@@H]4[C@@]5(C)CC[C@H](OC(=O)CC(C)(C)C(=O)O)C(C)(C)[C@@H]5CC[C@@]4(C)[C@]3(C)CC[C@@]2(C(=O)Nc2cccnc2)CC1=O. The van der Waals surface area contributed by atoms with Crippen LogP contribution in [0.3, 0.4) is 0 Å². The second kappa shape index (κ2) is 11.8.